The molecule has 4 rings (SSSR count). The third-order valence-corrected chi connectivity index (χ3v) is 6.91. The fourth-order valence-corrected chi connectivity index (χ4v) is 4.92. The number of allylic oxidation sites excluding steroid dienone is 2. The summed E-state index contributed by atoms with van der Waals surface area (Å²) in [6.07, 6.45) is 2.30. The number of amides is 1. The van der Waals surface area contributed by atoms with E-state index in [4.69, 9.17) is 10.6 Å². The molecule has 2 heterocycles. The Hall–Kier alpha value is -3.58. The van der Waals surface area contributed by atoms with E-state index in [1.54, 1.807) is 6.21 Å². The van der Waals surface area contributed by atoms with Crippen molar-refractivity contribution in [3.05, 3.63) is 105 Å². The fraction of sp³-hybridized carbons (Fsp3) is 0.259. The summed E-state index contributed by atoms with van der Waals surface area (Å²) in [4.78, 5) is 17.9. The monoisotopic (exact) mass is 474 g/mol. The number of hydrogen-bond acceptors (Lipinski definition) is 6. The summed E-state index contributed by atoms with van der Waals surface area (Å²) in [6.45, 7) is 5.08. The largest absolute Gasteiger partial charge is 0.491 e. The summed E-state index contributed by atoms with van der Waals surface area (Å²) in [6, 6.07) is 22.3. The minimum Gasteiger partial charge on any atom is -0.491 e. The molecule has 0 saturated carbocycles. The van der Waals surface area contributed by atoms with Crippen LogP contribution in [0.1, 0.15) is 26.4 Å². The van der Waals surface area contributed by atoms with Gasteiger partial charge in [0.25, 0.3) is 5.91 Å². The molecule has 3 aromatic rings. The molecule has 2 aromatic carbocycles. The number of benzene rings is 2. The summed E-state index contributed by atoms with van der Waals surface area (Å²) in [7, 11) is 0. The smallest absolute Gasteiger partial charge is 0.264 e. The molecule has 6 nitrogen and oxygen atoms in total. The van der Waals surface area contributed by atoms with Crippen LogP contribution in [0.15, 0.2) is 88.7 Å². The van der Waals surface area contributed by atoms with Gasteiger partial charge in [-0.05, 0) is 35.1 Å². The van der Waals surface area contributed by atoms with E-state index < -0.39 is 0 Å². The first-order chi connectivity index (χ1) is 16.7. The Labute approximate surface area is 205 Å². The van der Waals surface area contributed by atoms with E-state index >= 15 is 0 Å². The average molecular weight is 475 g/mol. The molecule has 1 amide bonds. The molecule has 1 aliphatic heterocycles. The standard InChI is InChI=1S/C27H30N4O2S/c1-21-12-17-34-26(21)27(32)31-15-13-30(14-16-31)24(19-29-28)25(18-22-8-4-2-5-9-22)33-20-23-10-6-3-7-11-23/h2-12,17,19H,13-16,18,20,28H2,1H3/b25-24-,29-19-. The molecular weight excluding hydrogens is 444 g/mol. The summed E-state index contributed by atoms with van der Waals surface area (Å²) < 4.78 is 6.36. The molecule has 1 saturated heterocycles. The van der Waals surface area contributed by atoms with E-state index in [2.05, 4.69) is 22.1 Å². The summed E-state index contributed by atoms with van der Waals surface area (Å²) in [5.41, 5.74) is 4.14. The van der Waals surface area contributed by atoms with Crippen molar-refractivity contribution in [3.8, 4) is 0 Å². The Morgan fingerprint density at radius 2 is 1.59 bits per heavy atom. The highest BCUT2D eigenvalue weighted by Gasteiger charge is 2.26. The number of aryl methyl sites for hydroxylation is 1. The molecule has 0 aliphatic carbocycles. The van der Waals surface area contributed by atoms with Gasteiger partial charge in [0.1, 0.15) is 12.4 Å². The molecule has 0 spiro atoms. The highest BCUT2D eigenvalue weighted by molar-refractivity contribution is 7.12. The van der Waals surface area contributed by atoms with Crippen molar-refractivity contribution in [2.24, 2.45) is 10.9 Å². The molecule has 1 aromatic heterocycles. The summed E-state index contributed by atoms with van der Waals surface area (Å²) >= 11 is 1.51. The molecule has 0 radical (unpaired) electrons. The average Bonchev–Trinajstić information content (AvgIpc) is 3.32. The number of nitrogens with two attached hydrogens (primary N) is 1. The first-order valence-corrected chi connectivity index (χ1v) is 12.3. The Morgan fingerprint density at radius 3 is 2.18 bits per heavy atom. The van der Waals surface area contributed by atoms with Gasteiger partial charge in [-0.3, -0.25) is 4.79 Å². The molecule has 0 unspecified atom stereocenters. The zero-order valence-electron chi connectivity index (χ0n) is 19.4. The van der Waals surface area contributed by atoms with Crippen LogP contribution in [-0.2, 0) is 17.8 Å². The third kappa shape index (κ3) is 5.85. The molecule has 176 valence electrons. The van der Waals surface area contributed by atoms with Gasteiger partial charge in [0.05, 0.1) is 16.8 Å². The SMILES string of the molecule is Cc1ccsc1C(=O)N1CCN(C(/C=N\N)=C(/Cc2ccccc2)OCc2ccccc2)CC1. The molecule has 1 aliphatic rings. The quantitative estimate of drug-likeness (QED) is 0.227. The van der Waals surface area contributed by atoms with Crippen molar-refractivity contribution in [1.82, 2.24) is 9.80 Å². The van der Waals surface area contributed by atoms with E-state index in [1.165, 1.54) is 11.3 Å². The lowest BCUT2D eigenvalue weighted by Crippen LogP contribution is -2.48. The number of carbonyl (C=O) groups is 1. The number of rotatable bonds is 8. The van der Waals surface area contributed by atoms with Crippen molar-refractivity contribution >= 4 is 23.5 Å². The Bertz CT molecular complexity index is 1130. The van der Waals surface area contributed by atoms with Crippen LogP contribution < -0.4 is 5.84 Å². The molecule has 2 N–H and O–H groups in total. The number of ether oxygens (including phenoxy) is 1. The van der Waals surface area contributed by atoms with Gasteiger partial charge in [0.2, 0.25) is 0 Å². The van der Waals surface area contributed by atoms with Gasteiger partial charge in [0.15, 0.2) is 0 Å². The van der Waals surface area contributed by atoms with E-state index in [0.29, 0.717) is 39.2 Å². The van der Waals surface area contributed by atoms with Crippen LogP contribution >= 0.6 is 11.3 Å². The van der Waals surface area contributed by atoms with Crippen molar-refractivity contribution in [3.63, 3.8) is 0 Å². The van der Waals surface area contributed by atoms with Gasteiger partial charge in [-0.25, -0.2) is 0 Å². The van der Waals surface area contributed by atoms with Gasteiger partial charge in [0, 0.05) is 32.6 Å². The Balaban J connectivity index is 1.54. The molecule has 0 atom stereocenters. The predicted octanol–water partition coefficient (Wildman–Crippen LogP) is 4.43. The van der Waals surface area contributed by atoms with Crippen LogP contribution in [0.3, 0.4) is 0 Å². The van der Waals surface area contributed by atoms with Crippen LogP contribution in [0.4, 0.5) is 0 Å². The van der Waals surface area contributed by atoms with Gasteiger partial charge >= 0.3 is 0 Å². The van der Waals surface area contributed by atoms with E-state index in [-0.39, 0.29) is 5.91 Å². The minimum atomic E-state index is 0.106. The second kappa shape index (κ2) is 11.5. The van der Waals surface area contributed by atoms with Crippen molar-refractivity contribution < 1.29 is 9.53 Å². The van der Waals surface area contributed by atoms with Gasteiger partial charge in [-0.1, -0.05) is 60.7 Å². The maximum absolute atomic E-state index is 13.0. The first kappa shape index (κ1) is 23.6. The maximum atomic E-state index is 13.0. The van der Waals surface area contributed by atoms with Crippen molar-refractivity contribution in [2.45, 2.75) is 20.0 Å². The molecule has 0 bridgehead atoms. The first-order valence-electron chi connectivity index (χ1n) is 11.4. The lowest BCUT2D eigenvalue weighted by Gasteiger charge is -2.37. The number of nitrogens with zero attached hydrogens (tertiary/aromatic N) is 3. The summed E-state index contributed by atoms with van der Waals surface area (Å²) in [5, 5.41) is 5.82. The van der Waals surface area contributed by atoms with Gasteiger partial charge in [-0.15, -0.1) is 11.3 Å². The molecule has 7 heteroatoms. The van der Waals surface area contributed by atoms with Crippen LogP contribution in [0, 0.1) is 6.92 Å². The van der Waals surface area contributed by atoms with Crippen molar-refractivity contribution in [1.29, 1.82) is 0 Å². The van der Waals surface area contributed by atoms with Crippen LogP contribution in [0.2, 0.25) is 0 Å². The molecule has 1 fully saturated rings. The van der Waals surface area contributed by atoms with Crippen molar-refractivity contribution in [2.75, 3.05) is 26.2 Å². The number of piperazine rings is 1. The highest BCUT2D eigenvalue weighted by Crippen LogP contribution is 2.22. The number of hydrogen-bond donors (Lipinski definition) is 1. The number of thiophene rings is 1. The van der Waals surface area contributed by atoms with E-state index in [1.807, 2.05) is 71.8 Å². The van der Waals surface area contributed by atoms with E-state index in [9.17, 15) is 4.79 Å². The molecule has 34 heavy (non-hydrogen) atoms. The zero-order valence-corrected chi connectivity index (χ0v) is 20.2. The molecular formula is C27H30N4O2S. The minimum absolute atomic E-state index is 0.106. The maximum Gasteiger partial charge on any atom is 0.264 e. The van der Waals surface area contributed by atoms with Crippen LogP contribution in [0.25, 0.3) is 0 Å². The van der Waals surface area contributed by atoms with Crippen LogP contribution in [0.5, 0.6) is 0 Å². The fourth-order valence-electron chi connectivity index (χ4n) is 4.03. The van der Waals surface area contributed by atoms with Crippen LogP contribution in [-0.4, -0.2) is 48.1 Å². The normalized spacial score (nSPS) is 14.9. The van der Waals surface area contributed by atoms with Gasteiger partial charge in [-0.2, -0.15) is 5.10 Å². The Kier molecular flexibility index (Phi) is 7.99. The second-order valence-corrected chi connectivity index (χ2v) is 9.15. The summed E-state index contributed by atoms with van der Waals surface area (Å²) in [5.74, 6) is 6.54. The lowest BCUT2D eigenvalue weighted by molar-refractivity contribution is 0.0672. The Morgan fingerprint density at radius 1 is 0.971 bits per heavy atom. The number of hydrazone groups is 1. The third-order valence-electron chi connectivity index (χ3n) is 5.91. The lowest BCUT2D eigenvalue weighted by atomic mass is 10.1. The zero-order chi connectivity index (χ0) is 23.8. The topological polar surface area (TPSA) is 71.2 Å². The van der Waals surface area contributed by atoms with Gasteiger partial charge < -0.3 is 20.4 Å². The van der Waals surface area contributed by atoms with E-state index in [0.717, 1.165) is 33.0 Å². The number of carbonyl (C=O) groups excluding carboxylic acids is 1. The predicted molar refractivity (Wildman–Crippen MR) is 138 cm³/mol. The second-order valence-electron chi connectivity index (χ2n) is 8.24. The highest BCUT2D eigenvalue weighted by atomic mass is 32.1.